The largest absolute Gasteiger partial charge is 0.497 e. The van der Waals surface area contributed by atoms with Crippen LogP contribution in [0.2, 0.25) is 0 Å². The molecule has 19 heavy (non-hydrogen) atoms. The zero-order valence-corrected chi connectivity index (χ0v) is 11.5. The van der Waals surface area contributed by atoms with Crippen molar-refractivity contribution in [1.29, 1.82) is 0 Å². The number of ether oxygens (including phenoxy) is 1. The monoisotopic (exact) mass is 273 g/mol. The minimum atomic E-state index is 0.539. The van der Waals surface area contributed by atoms with Crippen molar-refractivity contribution in [2.45, 2.75) is 12.8 Å². The number of nitrogens with zero attached hydrogens (tertiary/aromatic N) is 1. The van der Waals surface area contributed by atoms with E-state index in [4.69, 9.17) is 17.0 Å². The van der Waals surface area contributed by atoms with Crippen LogP contribution in [0.4, 0.5) is 5.82 Å². The second kappa shape index (κ2) is 5.01. The molecule has 0 fully saturated rings. The second-order valence-electron chi connectivity index (χ2n) is 4.55. The lowest BCUT2D eigenvalue weighted by Crippen LogP contribution is -2.00. The van der Waals surface area contributed by atoms with E-state index in [0.717, 1.165) is 36.6 Å². The minimum Gasteiger partial charge on any atom is -0.497 e. The molecule has 3 rings (SSSR count). The number of methoxy groups -OCH3 is 1. The molecule has 0 bridgehead atoms. The maximum Gasteiger partial charge on any atom is 0.198 e. The Morgan fingerprint density at radius 1 is 1.32 bits per heavy atom. The van der Waals surface area contributed by atoms with E-state index in [-0.39, 0.29) is 0 Å². The number of hydrogen-bond donors (Lipinski definition) is 2. The number of fused-ring (bicyclic) bond motifs is 1. The highest BCUT2D eigenvalue weighted by atomic mass is 32.1. The average molecular weight is 273 g/mol. The first kappa shape index (κ1) is 12.2. The van der Waals surface area contributed by atoms with Crippen LogP contribution in [0.1, 0.15) is 16.8 Å². The van der Waals surface area contributed by atoms with E-state index in [9.17, 15) is 0 Å². The number of hydrogen-bond acceptors (Lipinski definition) is 4. The fourth-order valence-corrected chi connectivity index (χ4v) is 2.58. The molecule has 1 aromatic heterocycles. The topological polar surface area (TPSA) is 49.9 Å². The van der Waals surface area contributed by atoms with Crippen molar-refractivity contribution < 1.29 is 4.74 Å². The number of anilines is 1. The molecule has 5 heteroatoms. The SMILES string of the molecule is COc1ccc(Cc2[nH]c(=S)nc3c2CCN3)cc1. The Morgan fingerprint density at radius 2 is 2.11 bits per heavy atom. The van der Waals surface area contributed by atoms with Crippen molar-refractivity contribution in [3.63, 3.8) is 0 Å². The Hall–Kier alpha value is -1.88. The first-order valence-corrected chi connectivity index (χ1v) is 6.66. The van der Waals surface area contributed by atoms with Crippen molar-refractivity contribution in [2.24, 2.45) is 0 Å². The van der Waals surface area contributed by atoms with E-state index >= 15 is 0 Å². The summed E-state index contributed by atoms with van der Waals surface area (Å²) in [6.07, 6.45) is 1.83. The highest BCUT2D eigenvalue weighted by Crippen LogP contribution is 2.24. The van der Waals surface area contributed by atoms with Gasteiger partial charge in [-0.25, -0.2) is 4.98 Å². The van der Waals surface area contributed by atoms with Gasteiger partial charge in [0.05, 0.1) is 7.11 Å². The molecule has 1 aromatic carbocycles. The summed E-state index contributed by atoms with van der Waals surface area (Å²) >= 11 is 5.17. The number of rotatable bonds is 3. The second-order valence-corrected chi connectivity index (χ2v) is 4.94. The Morgan fingerprint density at radius 3 is 2.84 bits per heavy atom. The van der Waals surface area contributed by atoms with Crippen molar-refractivity contribution in [3.8, 4) is 5.75 Å². The van der Waals surface area contributed by atoms with Gasteiger partial charge in [0, 0.05) is 24.2 Å². The number of aromatic nitrogens is 2. The first-order valence-electron chi connectivity index (χ1n) is 6.25. The molecule has 0 saturated heterocycles. The number of nitrogens with one attached hydrogen (secondary N) is 2. The highest BCUT2D eigenvalue weighted by Gasteiger charge is 2.16. The van der Waals surface area contributed by atoms with E-state index in [1.54, 1.807) is 7.11 Å². The highest BCUT2D eigenvalue weighted by molar-refractivity contribution is 7.71. The van der Waals surface area contributed by atoms with E-state index in [1.807, 2.05) is 12.1 Å². The summed E-state index contributed by atoms with van der Waals surface area (Å²) in [5, 5.41) is 3.27. The summed E-state index contributed by atoms with van der Waals surface area (Å²) in [6.45, 7) is 0.935. The predicted molar refractivity (Wildman–Crippen MR) is 77.4 cm³/mol. The Bertz CT molecular complexity index is 649. The van der Waals surface area contributed by atoms with Gasteiger partial charge in [0.25, 0.3) is 0 Å². The van der Waals surface area contributed by atoms with Gasteiger partial charge in [0.15, 0.2) is 4.77 Å². The maximum absolute atomic E-state index is 5.17. The van der Waals surface area contributed by atoms with Crippen LogP contribution in [0, 0.1) is 4.77 Å². The lowest BCUT2D eigenvalue weighted by molar-refractivity contribution is 0.414. The number of aromatic amines is 1. The van der Waals surface area contributed by atoms with E-state index in [0.29, 0.717) is 4.77 Å². The van der Waals surface area contributed by atoms with Crippen LogP contribution in [0.25, 0.3) is 0 Å². The molecule has 0 unspecified atom stereocenters. The van der Waals surface area contributed by atoms with Gasteiger partial charge in [-0.3, -0.25) is 0 Å². The van der Waals surface area contributed by atoms with Crippen molar-refractivity contribution in [1.82, 2.24) is 9.97 Å². The molecule has 0 spiro atoms. The summed E-state index contributed by atoms with van der Waals surface area (Å²) in [5.74, 6) is 1.81. The smallest absolute Gasteiger partial charge is 0.198 e. The van der Waals surface area contributed by atoms with Gasteiger partial charge in [-0.05, 0) is 36.3 Å². The van der Waals surface area contributed by atoms with Crippen LogP contribution in [0.5, 0.6) is 5.75 Å². The molecule has 2 heterocycles. The normalized spacial score (nSPS) is 12.9. The van der Waals surface area contributed by atoms with Crippen LogP contribution in [-0.4, -0.2) is 23.6 Å². The van der Waals surface area contributed by atoms with Gasteiger partial charge in [-0.2, -0.15) is 0 Å². The van der Waals surface area contributed by atoms with E-state index in [1.165, 1.54) is 11.1 Å². The van der Waals surface area contributed by atoms with Crippen LogP contribution in [-0.2, 0) is 12.8 Å². The lowest BCUT2D eigenvalue weighted by Gasteiger charge is -2.08. The van der Waals surface area contributed by atoms with Gasteiger partial charge in [-0.15, -0.1) is 0 Å². The Labute approximate surface area is 116 Å². The Balaban J connectivity index is 1.92. The van der Waals surface area contributed by atoms with Crippen LogP contribution < -0.4 is 10.1 Å². The van der Waals surface area contributed by atoms with Crippen molar-refractivity contribution in [3.05, 3.63) is 45.9 Å². The van der Waals surface area contributed by atoms with Gasteiger partial charge >= 0.3 is 0 Å². The Kier molecular flexibility index (Phi) is 3.21. The molecule has 1 aliphatic rings. The third-order valence-corrected chi connectivity index (χ3v) is 3.52. The average Bonchev–Trinajstić information content (AvgIpc) is 2.88. The zero-order chi connectivity index (χ0) is 13.2. The van der Waals surface area contributed by atoms with E-state index in [2.05, 4.69) is 27.4 Å². The molecule has 0 atom stereocenters. The quantitative estimate of drug-likeness (QED) is 0.844. The van der Waals surface area contributed by atoms with Crippen LogP contribution >= 0.6 is 12.2 Å². The predicted octanol–water partition coefficient (Wildman–Crippen LogP) is 2.71. The van der Waals surface area contributed by atoms with E-state index < -0.39 is 0 Å². The van der Waals surface area contributed by atoms with Crippen LogP contribution in [0.3, 0.4) is 0 Å². The van der Waals surface area contributed by atoms with Gasteiger partial charge in [-0.1, -0.05) is 12.1 Å². The lowest BCUT2D eigenvalue weighted by atomic mass is 10.0. The standard InChI is InChI=1S/C14H15N3OS/c1-18-10-4-2-9(3-5-10)8-12-11-6-7-15-13(11)17-14(19)16-12/h2-5H,6-8H2,1H3,(H2,15,16,17,19). The van der Waals surface area contributed by atoms with Crippen molar-refractivity contribution in [2.75, 3.05) is 19.0 Å². The van der Waals surface area contributed by atoms with Crippen LogP contribution in [0.15, 0.2) is 24.3 Å². The fraction of sp³-hybridized carbons (Fsp3) is 0.286. The third-order valence-electron chi connectivity index (χ3n) is 3.33. The third kappa shape index (κ3) is 2.46. The molecule has 4 nitrogen and oxygen atoms in total. The molecule has 2 N–H and O–H groups in total. The fourth-order valence-electron chi connectivity index (χ4n) is 2.36. The summed E-state index contributed by atoms with van der Waals surface area (Å²) in [4.78, 5) is 7.53. The molecular formula is C14H15N3OS. The summed E-state index contributed by atoms with van der Waals surface area (Å²) in [6, 6.07) is 8.10. The molecule has 0 radical (unpaired) electrons. The molecule has 0 amide bonds. The van der Waals surface area contributed by atoms with Gasteiger partial charge < -0.3 is 15.0 Å². The summed E-state index contributed by atoms with van der Waals surface area (Å²) in [5.41, 5.74) is 3.64. The van der Waals surface area contributed by atoms with Gasteiger partial charge in [0.2, 0.25) is 0 Å². The number of benzene rings is 1. The molecule has 98 valence electrons. The molecular weight excluding hydrogens is 258 g/mol. The minimum absolute atomic E-state index is 0.539. The maximum atomic E-state index is 5.17. The summed E-state index contributed by atoms with van der Waals surface area (Å²) in [7, 11) is 1.67. The molecule has 0 aliphatic carbocycles. The van der Waals surface area contributed by atoms with Crippen molar-refractivity contribution >= 4 is 18.0 Å². The summed E-state index contributed by atoms with van der Waals surface area (Å²) < 4.78 is 5.71. The molecule has 2 aromatic rings. The molecule has 1 aliphatic heterocycles. The zero-order valence-electron chi connectivity index (χ0n) is 10.7. The first-order chi connectivity index (χ1) is 9.26. The number of H-pyrrole nitrogens is 1. The van der Waals surface area contributed by atoms with Gasteiger partial charge in [0.1, 0.15) is 11.6 Å². The molecule has 0 saturated carbocycles.